The fourth-order valence-corrected chi connectivity index (χ4v) is 5.64. The van der Waals surface area contributed by atoms with Gasteiger partial charge in [0, 0.05) is 29.4 Å². The van der Waals surface area contributed by atoms with Crippen molar-refractivity contribution in [3.63, 3.8) is 0 Å². The quantitative estimate of drug-likeness (QED) is 0.689. The Morgan fingerprint density at radius 1 is 0.690 bits per heavy atom. The lowest BCUT2D eigenvalue weighted by Gasteiger charge is -2.53. The highest BCUT2D eigenvalue weighted by molar-refractivity contribution is 5.26. The molecule has 1 aliphatic rings. The maximum atomic E-state index is 12.2. The van der Waals surface area contributed by atoms with Crippen LogP contribution in [0.5, 0.6) is 0 Å². The lowest BCUT2D eigenvalue weighted by molar-refractivity contribution is -0.961. The Hall–Kier alpha value is -2.42. The third-order valence-electron chi connectivity index (χ3n) is 7.21. The molecule has 0 bridgehead atoms. The molecule has 1 aliphatic heterocycles. The Morgan fingerprint density at radius 2 is 1.07 bits per heavy atom. The predicted octanol–water partition coefficient (Wildman–Crippen LogP) is 4.24. The zero-order valence-electron chi connectivity index (χ0n) is 17.6. The molecule has 2 unspecified atom stereocenters. The summed E-state index contributed by atoms with van der Waals surface area (Å²) < 4.78 is 0. The zero-order chi connectivity index (χ0) is 20.4. The van der Waals surface area contributed by atoms with E-state index >= 15 is 0 Å². The number of hydrogen-bond donors (Lipinski definition) is 2. The molecule has 1 fully saturated rings. The highest BCUT2D eigenvalue weighted by atomic mass is 16.3. The summed E-state index contributed by atoms with van der Waals surface area (Å²) in [4.78, 5) is 1.46. The summed E-state index contributed by atoms with van der Waals surface area (Å²) in [5.74, 6) is 0.250. The fourth-order valence-electron chi connectivity index (χ4n) is 5.64. The molecule has 4 rings (SSSR count). The third kappa shape index (κ3) is 3.63. The van der Waals surface area contributed by atoms with Gasteiger partial charge in [0.05, 0.1) is 12.6 Å². The molecule has 0 spiro atoms. The zero-order valence-corrected chi connectivity index (χ0v) is 17.6. The van der Waals surface area contributed by atoms with Crippen molar-refractivity contribution in [2.24, 2.45) is 11.8 Å². The minimum atomic E-state index is -0.790. The first-order valence-electron chi connectivity index (χ1n) is 10.7. The van der Waals surface area contributed by atoms with E-state index in [0.29, 0.717) is 6.42 Å². The minimum Gasteiger partial charge on any atom is -0.388 e. The van der Waals surface area contributed by atoms with Crippen LogP contribution in [-0.2, 0) is 6.42 Å². The molecule has 1 saturated heterocycles. The molecule has 0 amide bonds. The van der Waals surface area contributed by atoms with Crippen molar-refractivity contribution in [3.8, 4) is 0 Å². The van der Waals surface area contributed by atoms with Crippen molar-refractivity contribution in [1.82, 2.24) is 0 Å². The van der Waals surface area contributed by atoms with Crippen molar-refractivity contribution < 1.29 is 10.0 Å². The van der Waals surface area contributed by atoms with Crippen molar-refractivity contribution in [3.05, 3.63) is 108 Å². The largest absolute Gasteiger partial charge is 0.388 e. The van der Waals surface area contributed by atoms with Gasteiger partial charge in [-0.2, -0.15) is 0 Å². The average molecular weight is 387 g/mol. The van der Waals surface area contributed by atoms with Crippen LogP contribution in [0.4, 0.5) is 0 Å². The normalized spacial score (nSPS) is 32.1. The molecule has 0 aromatic heterocycles. The Kier molecular flexibility index (Phi) is 5.58. The Balaban J connectivity index is 1.81. The van der Waals surface area contributed by atoms with Crippen LogP contribution in [-0.4, -0.2) is 17.8 Å². The Bertz CT molecular complexity index is 856. The van der Waals surface area contributed by atoms with Gasteiger partial charge in [0.15, 0.2) is 0 Å². The minimum absolute atomic E-state index is 0.125. The van der Waals surface area contributed by atoms with Crippen molar-refractivity contribution in [2.45, 2.75) is 38.0 Å². The monoisotopic (exact) mass is 386 g/mol. The second-order valence-corrected chi connectivity index (χ2v) is 8.75. The van der Waals surface area contributed by atoms with Crippen molar-refractivity contribution in [2.75, 3.05) is 7.05 Å². The Morgan fingerprint density at radius 3 is 1.48 bits per heavy atom. The summed E-state index contributed by atoms with van der Waals surface area (Å²) in [5.41, 5.74) is 3.02. The summed E-state index contributed by atoms with van der Waals surface area (Å²) in [7, 11) is 2.30. The van der Waals surface area contributed by atoms with E-state index in [-0.39, 0.29) is 23.9 Å². The summed E-state index contributed by atoms with van der Waals surface area (Å²) in [6, 6.07) is 32.3. The third-order valence-corrected chi connectivity index (χ3v) is 7.21. The van der Waals surface area contributed by atoms with Gasteiger partial charge in [0.2, 0.25) is 0 Å². The second-order valence-electron chi connectivity index (χ2n) is 8.75. The van der Waals surface area contributed by atoms with E-state index in [2.05, 4.69) is 106 Å². The van der Waals surface area contributed by atoms with Crippen molar-refractivity contribution >= 4 is 0 Å². The van der Waals surface area contributed by atoms with Gasteiger partial charge in [-0.1, -0.05) is 105 Å². The van der Waals surface area contributed by atoms with Crippen LogP contribution in [0.15, 0.2) is 91.0 Å². The number of likely N-dealkylation sites (tertiary alicyclic amines) is 1. The van der Waals surface area contributed by atoms with Gasteiger partial charge in [-0.25, -0.2) is 0 Å². The number of rotatable bonds is 4. The first-order valence-corrected chi connectivity index (χ1v) is 10.7. The number of benzene rings is 3. The number of nitrogens with one attached hydrogen (secondary N) is 1. The van der Waals surface area contributed by atoms with E-state index in [1.807, 2.05) is 6.07 Å². The maximum Gasteiger partial charge on any atom is 0.119 e. The first kappa shape index (κ1) is 19.9. The van der Waals surface area contributed by atoms with Gasteiger partial charge in [-0.3, -0.25) is 0 Å². The van der Waals surface area contributed by atoms with Gasteiger partial charge in [0.25, 0.3) is 0 Å². The smallest absolute Gasteiger partial charge is 0.119 e. The summed E-state index contributed by atoms with van der Waals surface area (Å²) in [5, 5.41) is 12.2. The molecular formula is C27H32NO+. The van der Waals surface area contributed by atoms with Crippen LogP contribution in [0, 0.1) is 11.8 Å². The SMILES string of the molecule is C[C@H]1[C@@H](c2ccccc2)[NH+](C)[C@@H](c2ccccc2)[C@H](C)C1(O)Cc1ccccc1. The first-order chi connectivity index (χ1) is 14.0. The molecule has 2 N–H and O–H groups in total. The highest BCUT2D eigenvalue weighted by Gasteiger charge is 2.56. The molecule has 0 aliphatic carbocycles. The lowest BCUT2D eigenvalue weighted by Crippen LogP contribution is -3.13. The predicted molar refractivity (Wildman–Crippen MR) is 119 cm³/mol. The molecule has 0 radical (unpaired) electrons. The summed E-state index contributed by atoms with van der Waals surface area (Å²) in [6.07, 6.45) is 0.677. The molecule has 0 saturated carbocycles. The summed E-state index contributed by atoms with van der Waals surface area (Å²) >= 11 is 0. The maximum absolute atomic E-state index is 12.2. The van der Waals surface area contributed by atoms with Crippen molar-refractivity contribution in [1.29, 1.82) is 0 Å². The van der Waals surface area contributed by atoms with E-state index in [9.17, 15) is 5.11 Å². The molecular weight excluding hydrogens is 354 g/mol. The molecule has 150 valence electrons. The number of aliphatic hydroxyl groups is 1. The summed E-state index contributed by atoms with van der Waals surface area (Å²) in [6.45, 7) is 4.48. The number of hydrogen-bond acceptors (Lipinski definition) is 1. The van der Waals surface area contributed by atoms with Gasteiger partial charge in [-0.05, 0) is 5.56 Å². The van der Waals surface area contributed by atoms with E-state index in [4.69, 9.17) is 0 Å². The highest BCUT2D eigenvalue weighted by Crippen LogP contribution is 2.45. The lowest BCUT2D eigenvalue weighted by atomic mass is 9.63. The van der Waals surface area contributed by atoms with Crippen LogP contribution >= 0.6 is 0 Å². The van der Waals surface area contributed by atoms with E-state index < -0.39 is 5.60 Å². The molecule has 2 heteroatoms. The topological polar surface area (TPSA) is 24.7 Å². The van der Waals surface area contributed by atoms with Gasteiger partial charge in [0.1, 0.15) is 12.1 Å². The van der Waals surface area contributed by atoms with Crippen LogP contribution in [0.25, 0.3) is 0 Å². The van der Waals surface area contributed by atoms with E-state index in [0.717, 1.165) is 0 Å². The van der Waals surface area contributed by atoms with Gasteiger partial charge < -0.3 is 10.0 Å². The van der Waals surface area contributed by atoms with E-state index in [1.165, 1.54) is 21.6 Å². The second kappa shape index (κ2) is 8.14. The molecule has 3 aromatic carbocycles. The van der Waals surface area contributed by atoms with Crippen LogP contribution in [0.3, 0.4) is 0 Å². The molecule has 6 atom stereocenters. The van der Waals surface area contributed by atoms with Crippen LogP contribution in [0.1, 0.15) is 42.6 Å². The molecule has 3 aromatic rings. The molecule has 29 heavy (non-hydrogen) atoms. The van der Waals surface area contributed by atoms with Crippen LogP contribution in [0.2, 0.25) is 0 Å². The average Bonchev–Trinajstić information content (AvgIpc) is 2.75. The molecule has 1 heterocycles. The fraction of sp³-hybridized carbons (Fsp3) is 0.333. The van der Waals surface area contributed by atoms with Crippen LogP contribution < -0.4 is 4.90 Å². The number of piperidine rings is 1. The Labute approximate surface area is 174 Å². The van der Waals surface area contributed by atoms with Gasteiger partial charge >= 0.3 is 0 Å². The van der Waals surface area contributed by atoms with Gasteiger partial charge in [-0.15, -0.1) is 0 Å². The molecule has 2 nitrogen and oxygen atoms in total. The standard InChI is InChI=1S/C27H31NO/c1-20-25(23-15-9-5-10-16-23)28(3)26(24-17-11-6-12-18-24)21(2)27(20,29)19-22-13-7-4-8-14-22/h4-18,20-21,25-26,29H,19H2,1-3H3/p+1/t20-,21-,25-,26+,27?/m0/s1. The number of quaternary nitrogens is 1. The van der Waals surface area contributed by atoms with E-state index in [1.54, 1.807) is 0 Å².